The van der Waals surface area contributed by atoms with Crippen LogP contribution in [0.2, 0.25) is 5.02 Å². The van der Waals surface area contributed by atoms with E-state index in [-0.39, 0.29) is 11.9 Å². The molecule has 1 N–H and O–H groups in total. The molecular weight excluding hydrogens is 277 g/mol. The molecule has 4 heteroatoms. The van der Waals surface area contributed by atoms with E-state index in [2.05, 4.69) is 5.32 Å². The summed E-state index contributed by atoms with van der Waals surface area (Å²) in [5, 5.41) is 3.70. The van der Waals surface area contributed by atoms with Crippen LogP contribution >= 0.6 is 11.6 Å². The third-order valence-corrected chi connectivity index (χ3v) is 3.46. The lowest BCUT2D eigenvalue weighted by Crippen LogP contribution is -2.18. The van der Waals surface area contributed by atoms with Gasteiger partial charge in [-0.15, -0.1) is 0 Å². The highest BCUT2D eigenvalue weighted by atomic mass is 35.5. The van der Waals surface area contributed by atoms with Gasteiger partial charge in [-0.2, -0.15) is 0 Å². The third-order valence-electron chi connectivity index (χ3n) is 3.23. The first kappa shape index (κ1) is 14.8. The summed E-state index contributed by atoms with van der Waals surface area (Å²) < 4.78 is 18.8. The average molecular weight is 294 g/mol. The Labute approximate surface area is 123 Å². The van der Waals surface area contributed by atoms with E-state index in [1.807, 2.05) is 31.2 Å². The monoisotopic (exact) mass is 293 g/mol. The van der Waals surface area contributed by atoms with E-state index in [1.54, 1.807) is 19.2 Å². The molecule has 0 spiro atoms. The van der Waals surface area contributed by atoms with Gasteiger partial charge in [0.1, 0.15) is 11.6 Å². The van der Waals surface area contributed by atoms with Crippen molar-refractivity contribution in [2.45, 2.75) is 19.5 Å². The Morgan fingerprint density at radius 2 is 1.90 bits per heavy atom. The highest BCUT2D eigenvalue weighted by Gasteiger charge is 2.07. The lowest BCUT2D eigenvalue weighted by molar-refractivity contribution is 0.414. The molecule has 0 radical (unpaired) electrons. The second kappa shape index (κ2) is 6.73. The third kappa shape index (κ3) is 3.71. The molecule has 0 fully saturated rings. The van der Waals surface area contributed by atoms with Gasteiger partial charge in [0.25, 0.3) is 0 Å². The smallest absolute Gasteiger partial charge is 0.129 e. The summed E-state index contributed by atoms with van der Waals surface area (Å²) in [5.74, 6) is 0.539. The molecule has 20 heavy (non-hydrogen) atoms. The quantitative estimate of drug-likeness (QED) is 0.885. The van der Waals surface area contributed by atoms with Crippen LogP contribution in [0.25, 0.3) is 0 Å². The number of halogens is 2. The van der Waals surface area contributed by atoms with Gasteiger partial charge in [-0.3, -0.25) is 0 Å². The van der Waals surface area contributed by atoms with Crippen molar-refractivity contribution in [2.75, 3.05) is 7.11 Å². The van der Waals surface area contributed by atoms with Crippen molar-refractivity contribution in [3.05, 3.63) is 64.4 Å². The van der Waals surface area contributed by atoms with Gasteiger partial charge in [-0.05, 0) is 36.8 Å². The van der Waals surface area contributed by atoms with E-state index in [9.17, 15) is 4.39 Å². The molecule has 0 aliphatic carbocycles. The van der Waals surface area contributed by atoms with Gasteiger partial charge in [0.05, 0.1) is 7.11 Å². The van der Waals surface area contributed by atoms with Gasteiger partial charge in [-0.1, -0.05) is 29.8 Å². The summed E-state index contributed by atoms with van der Waals surface area (Å²) in [6.07, 6.45) is 0. The molecule has 2 nitrogen and oxygen atoms in total. The minimum absolute atomic E-state index is 0.121. The van der Waals surface area contributed by atoms with Crippen LogP contribution in [0, 0.1) is 5.82 Å². The maximum absolute atomic E-state index is 13.7. The first-order valence-electron chi connectivity index (χ1n) is 6.41. The second-order valence-electron chi connectivity index (χ2n) is 4.61. The maximum Gasteiger partial charge on any atom is 0.129 e. The Balaban J connectivity index is 1.98. The molecule has 106 valence electrons. The first-order chi connectivity index (χ1) is 9.60. The van der Waals surface area contributed by atoms with Gasteiger partial charge >= 0.3 is 0 Å². The minimum Gasteiger partial charge on any atom is -0.497 e. The molecule has 2 aromatic rings. The number of hydrogen-bond donors (Lipinski definition) is 1. The molecule has 1 atom stereocenters. The zero-order chi connectivity index (χ0) is 14.5. The van der Waals surface area contributed by atoms with Crippen LogP contribution in [0.5, 0.6) is 5.75 Å². The summed E-state index contributed by atoms with van der Waals surface area (Å²) in [7, 11) is 1.64. The summed E-state index contributed by atoms with van der Waals surface area (Å²) in [6.45, 7) is 2.49. The van der Waals surface area contributed by atoms with Gasteiger partial charge in [0.2, 0.25) is 0 Å². The fraction of sp³-hybridized carbons (Fsp3) is 0.250. The Kier molecular flexibility index (Phi) is 4.99. The molecule has 2 aromatic carbocycles. The number of rotatable bonds is 5. The standard InChI is InChI=1S/C16H17ClFNO/c1-11(12-4-7-15(20-2)8-5-12)19-10-13-3-6-14(17)9-16(13)18/h3-9,11,19H,10H2,1-2H3. The second-order valence-corrected chi connectivity index (χ2v) is 5.05. The zero-order valence-electron chi connectivity index (χ0n) is 11.5. The Morgan fingerprint density at radius 1 is 1.20 bits per heavy atom. The van der Waals surface area contributed by atoms with Crippen LogP contribution in [-0.4, -0.2) is 7.11 Å². The fourth-order valence-electron chi connectivity index (χ4n) is 1.94. The van der Waals surface area contributed by atoms with Crippen molar-refractivity contribution in [1.29, 1.82) is 0 Å². The van der Waals surface area contributed by atoms with Crippen molar-refractivity contribution in [3.8, 4) is 5.75 Å². The summed E-state index contributed by atoms with van der Waals surface area (Å²) in [4.78, 5) is 0. The van der Waals surface area contributed by atoms with Crippen LogP contribution in [0.3, 0.4) is 0 Å². The van der Waals surface area contributed by atoms with E-state index in [0.29, 0.717) is 17.1 Å². The van der Waals surface area contributed by atoms with Crippen LogP contribution in [0.15, 0.2) is 42.5 Å². The zero-order valence-corrected chi connectivity index (χ0v) is 12.2. The number of hydrogen-bond acceptors (Lipinski definition) is 2. The van der Waals surface area contributed by atoms with Crippen molar-refractivity contribution in [1.82, 2.24) is 5.32 Å². The number of methoxy groups -OCH3 is 1. The largest absolute Gasteiger partial charge is 0.497 e. The highest BCUT2D eigenvalue weighted by molar-refractivity contribution is 6.30. The summed E-state index contributed by atoms with van der Waals surface area (Å²) in [5.41, 5.74) is 1.73. The Bertz CT molecular complexity index is 571. The van der Waals surface area contributed by atoms with Crippen molar-refractivity contribution >= 4 is 11.6 Å². The topological polar surface area (TPSA) is 21.3 Å². The molecular formula is C16H17ClFNO. The Morgan fingerprint density at radius 3 is 2.50 bits per heavy atom. The molecule has 0 saturated heterocycles. The van der Waals surface area contributed by atoms with Crippen LogP contribution in [0.4, 0.5) is 4.39 Å². The Hall–Kier alpha value is -1.58. The molecule has 0 aliphatic rings. The van der Waals surface area contributed by atoms with E-state index in [0.717, 1.165) is 11.3 Å². The van der Waals surface area contributed by atoms with Crippen LogP contribution in [0.1, 0.15) is 24.1 Å². The molecule has 0 heterocycles. The minimum atomic E-state index is -0.285. The summed E-state index contributed by atoms with van der Waals surface area (Å²) in [6, 6.07) is 12.7. The fourth-order valence-corrected chi connectivity index (χ4v) is 2.10. The SMILES string of the molecule is COc1ccc(C(C)NCc2ccc(Cl)cc2F)cc1. The predicted octanol–water partition coefficient (Wildman–Crippen LogP) is 4.34. The van der Waals surface area contributed by atoms with E-state index in [4.69, 9.17) is 16.3 Å². The van der Waals surface area contributed by atoms with Gasteiger partial charge < -0.3 is 10.1 Å². The molecule has 0 aliphatic heterocycles. The lowest BCUT2D eigenvalue weighted by atomic mass is 10.1. The predicted molar refractivity (Wildman–Crippen MR) is 79.7 cm³/mol. The van der Waals surface area contributed by atoms with Gasteiger partial charge in [0, 0.05) is 23.2 Å². The van der Waals surface area contributed by atoms with Gasteiger partial charge in [-0.25, -0.2) is 4.39 Å². The van der Waals surface area contributed by atoms with Crippen LogP contribution < -0.4 is 10.1 Å². The molecule has 0 amide bonds. The van der Waals surface area contributed by atoms with E-state index >= 15 is 0 Å². The normalized spacial score (nSPS) is 12.2. The van der Waals surface area contributed by atoms with Crippen molar-refractivity contribution in [3.63, 3.8) is 0 Å². The number of benzene rings is 2. The van der Waals surface area contributed by atoms with E-state index < -0.39 is 0 Å². The first-order valence-corrected chi connectivity index (χ1v) is 6.79. The molecule has 0 saturated carbocycles. The molecule has 0 bridgehead atoms. The molecule has 2 rings (SSSR count). The van der Waals surface area contributed by atoms with Gasteiger partial charge in [0.15, 0.2) is 0 Å². The maximum atomic E-state index is 13.7. The van der Waals surface area contributed by atoms with Crippen LogP contribution in [-0.2, 0) is 6.54 Å². The highest BCUT2D eigenvalue weighted by Crippen LogP contribution is 2.19. The summed E-state index contributed by atoms with van der Waals surface area (Å²) >= 11 is 5.73. The average Bonchev–Trinajstić information content (AvgIpc) is 2.46. The molecule has 1 unspecified atom stereocenters. The molecule has 0 aromatic heterocycles. The van der Waals surface area contributed by atoms with E-state index in [1.165, 1.54) is 6.07 Å². The lowest BCUT2D eigenvalue weighted by Gasteiger charge is -2.15. The van der Waals surface area contributed by atoms with Crippen molar-refractivity contribution in [2.24, 2.45) is 0 Å². The number of nitrogens with one attached hydrogen (secondary N) is 1. The number of ether oxygens (including phenoxy) is 1. The van der Waals surface area contributed by atoms with Crippen molar-refractivity contribution < 1.29 is 9.13 Å².